The van der Waals surface area contributed by atoms with Gasteiger partial charge >= 0.3 is 5.97 Å². The Kier molecular flexibility index (Phi) is 3.06. The van der Waals surface area contributed by atoms with Gasteiger partial charge in [-0.15, -0.1) is 0 Å². The standard InChI is InChI=1S/C13H13NO4/c1-3-11-9(4-5-18-11)12(15)8-6-10(13(16)17)14(2)7-8/h4-7H,3H2,1-2H3,(H,16,17). The fraction of sp³-hybridized carbons (Fsp3) is 0.231. The van der Waals surface area contributed by atoms with Crippen molar-refractivity contribution in [1.29, 1.82) is 0 Å². The lowest BCUT2D eigenvalue weighted by atomic mass is 10.1. The molecule has 0 aliphatic carbocycles. The van der Waals surface area contributed by atoms with Crippen LogP contribution in [0, 0.1) is 0 Å². The van der Waals surface area contributed by atoms with Crippen molar-refractivity contribution >= 4 is 11.8 Å². The molecule has 2 rings (SSSR count). The summed E-state index contributed by atoms with van der Waals surface area (Å²) in [4.78, 5) is 23.1. The Morgan fingerprint density at radius 3 is 2.72 bits per heavy atom. The van der Waals surface area contributed by atoms with Crippen LogP contribution in [0.25, 0.3) is 0 Å². The summed E-state index contributed by atoms with van der Waals surface area (Å²) < 4.78 is 6.61. The van der Waals surface area contributed by atoms with Crippen molar-refractivity contribution in [2.24, 2.45) is 7.05 Å². The number of aromatic nitrogens is 1. The lowest BCUT2D eigenvalue weighted by Gasteiger charge is -1.96. The Bertz CT molecular complexity index is 606. The van der Waals surface area contributed by atoms with E-state index in [2.05, 4.69) is 0 Å². The third kappa shape index (κ3) is 1.95. The number of carbonyl (C=O) groups is 2. The largest absolute Gasteiger partial charge is 0.477 e. The van der Waals surface area contributed by atoms with E-state index < -0.39 is 5.97 Å². The first-order chi connectivity index (χ1) is 8.54. The molecule has 0 aliphatic rings. The van der Waals surface area contributed by atoms with E-state index in [0.717, 1.165) is 0 Å². The first-order valence-electron chi connectivity index (χ1n) is 5.55. The van der Waals surface area contributed by atoms with E-state index in [1.54, 1.807) is 13.1 Å². The van der Waals surface area contributed by atoms with Crippen molar-refractivity contribution in [1.82, 2.24) is 4.57 Å². The summed E-state index contributed by atoms with van der Waals surface area (Å²) >= 11 is 0. The SMILES string of the molecule is CCc1occc1C(=O)c1cc(C(=O)O)n(C)c1. The molecule has 18 heavy (non-hydrogen) atoms. The highest BCUT2D eigenvalue weighted by Gasteiger charge is 2.19. The minimum atomic E-state index is -1.06. The van der Waals surface area contributed by atoms with Crippen molar-refractivity contribution in [2.45, 2.75) is 13.3 Å². The Labute approximate surface area is 104 Å². The number of ketones is 1. The molecule has 5 nitrogen and oxygen atoms in total. The van der Waals surface area contributed by atoms with E-state index >= 15 is 0 Å². The number of rotatable bonds is 4. The van der Waals surface area contributed by atoms with Crippen LogP contribution in [0.1, 0.15) is 39.1 Å². The molecular weight excluding hydrogens is 234 g/mol. The normalized spacial score (nSPS) is 10.6. The average Bonchev–Trinajstić information content (AvgIpc) is 2.93. The zero-order valence-electron chi connectivity index (χ0n) is 10.1. The highest BCUT2D eigenvalue weighted by atomic mass is 16.4. The van der Waals surface area contributed by atoms with Gasteiger partial charge in [0.1, 0.15) is 11.5 Å². The lowest BCUT2D eigenvalue weighted by molar-refractivity contribution is 0.0686. The van der Waals surface area contributed by atoms with Crippen LogP contribution in [-0.4, -0.2) is 21.4 Å². The van der Waals surface area contributed by atoms with Gasteiger partial charge in [-0.25, -0.2) is 4.79 Å². The van der Waals surface area contributed by atoms with Gasteiger partial charge in [-0.3, -0.25) is 4.79 Å². The summed E-state index contributed by atoms with van der Waals surface area (Å²) in [5.41, 5.74) is 0.922. The Balaban J connectivity index is 2.41. The monoisotopic (exact) mass is 247 g/mol. The first-order valence-corrected chi connectivity index (χ1v) is 5.55. The van der Waals surface area contributed by atoms with Crippen molar-refractivity contribution in [2.75, 3.05) is 0 Å². The molecule has 0 radical (unpaired) electrons. The first kappa shape index (κ1) is 12.2. The molecule has 0 fully saturated rings. The molecule has 0 saturated carbocycles. The van der Waals surface area contributed by atoms with Crippen LogP contribution in [0.15, 0.2) is 29.0 Å². The zero-order valence-corrected chi connectivity index (χ0v) is 10.1. The van der Waals surface area contributed by atoms with E-state index in [9.17, 15) is 9.59 Å². The van der Waals surface area contributed by atoms with E-state index in [1.165, 1.54) is 23.1 Å². The van der Waals surface area contributed by atoms with Crippen molar-refractivity contribution in [3.8, 4) is 0 Å². The molecule has 5 heteroatoms. The van der Waals surface area contributed by atoms with E-state index in [1.807, 2.05) is 6.92 Å². The summed E-state index contributed by atoms with van der Waals surface area (Å²) in [6.45, 7) is 1.89. The van der Waals surface area contributed by atoms with Gasteiger partial charge in [0, 0.05) is 25.2 Å². The van der Waals surface area contributed by atoms with Crippen LogP contribution >= 0.6 is 0 Å². The minimum Gasteiger partial charge on any atom is -0.477 e. The number of hydrogen-bond donors (Lipinski definition) is 1. The second-order valence-electron chi connectivity index (χ2n) is 3.97. The lowest BCUT2D eigenvalue weighted by Crippen LogP contribution is -2.02. The van der Waals surface area contributed by atoms with Crippen LogP contribution in [0.2, 0.25) is 0 Å². The maximum Gasteiger partial charge on any atom is 0.352 e. The second kappa shape index (κ2) is 4.52. The predicted octanol–water partition coefficient (Wildman–Crippen LogP) is 2.11. The van der Waals surface area contributed by atoms with Gasteiger partial charge in [-0.1, -0.05) is 6.92 Å². The maximum absolute atomic E-state index is 12.2. The number of hydrogen-bond acceptors (Lipinski definition) is 3. The van der Waals surface area contributed by atoms with Crippen molar-refractivity contribution in [3.05, 3.63) is 47.2 Å². The van der Waals surface area contributed by atoms with Gasteiger partial charge in [0.25, 0.3) is 0 Å². The number of furan rings is 1. The molecule has 0 spiro atoms. The third-order valence-corrected chi connectivity index (χ3v) is 2.80. The molecule has 0 atom stereocenters. The third-order valence-electron chi connectivity index (χ3n) is 2.80. The molecule has 0 aliphatic heterocycles. The van der Waals surface area contributed by atoms with E-state index in [4.69, 9.17) is 9.52 Å². The number of aromatic carboxylic acids is 1. The number of carbonyl (C=O) groups excluding carboxylic acids is 1. The fourth-order valence-electron chi connectivity index (χ4n) is 1.87. The molecule has 94 valence electrons. The Morgan fingerprint density at radius 2 is 2.17 bits per heavy atom. The van der Waals surface area contributed by atoms with Gasteiger partial charge in [0.2, 0.25) is 0 Å². The molecule has 2 aromatic heterocycles. The summed E-state index contributed by atoms with van der Waals surface area (Å²) in [5, 5.41) is 8.94. The molecule has 2 aromatic rings. The van der Waals surface area contributed by atoms with Crippen LogP contribution in [0.5, 0.6) is 0 Å². The molecule has 0 saturated heterocycles. The zero-order chi connectivity index (χ0) is 13.3. The van der Waals surface area contributed by atoms with Gasteiger partial charge in [-0.05, 0) is 12.1 Å². The quantitative estimate of drug-likeness (QED) is 0.840. The number of aryl methyl sites for hydroxylation is 2. The predicted molar refractivity (Wildman–Crippen MR) is 63.9 cm³/mol. The Morgan fingerprint density at radius 1 is 1.44 bits per heavy atom. The van der Waals surface area contributed by atoms with Gasteiger partial charge in [-0.2, -0.15) is 0 Å². The van der Waals surface area contributed by atoms with Crippen LogP contribution in [0.3, 0.4) is 0 Å². The molecule has 0 bridgehead atoms. The molecule has 0 amide bonds. The second-order valence-corrected chi connectivity index (χ2v) is 3.97. The Hall–Kier alpha value is -2.30. The van der Waals surface area contributed by atoms with Crippen molar-refractivity contribution in [3.63, 3.8) is 0 Å². The molecule has 0 unspecified atom stereocenters. The van der Waals surface area contributed by atoms with Gasteiger partial charge in [0.05, 0.1) is 11.8 Å². The van der Waals surface area contributed by atoms with Crippen LogP contribution < -0.4 is 0 Å². The van der Waals surface area contributed by atoms with Gasteiger partial charge in [0.15, 0.2) is 5.78 Å². The number of carboxylic acid groups (broad SMARTS) is 1. The highest BCUT2D eigenvalue weighted by Crippen LogP contribution is 2.18. The van der Waals surface area contributed by atoms with E-state index in [0.29, 0.717) is 23.3 Å². The molecule has 1 N–H and O–H groups in total. The fourth-order valence-corrected chi connectivity index (χ4v) is 1.87. The topological polar surface area (TPSA) is 72.4 Å². The number of carboxylic acids is 1. The summed E-state index contributed by atoms with van der Waals surface area (Å²) in [6, 6.07) is 2.98. The highest BCUT2D eigenvalue weighted by molar-refractivity contribution is 6.10. The molecular formula is C13H13NO4. The maximum atomic E-state index is 12.2. The number of nitrogens with zero attached hydrogens (tertiary/aromatic N) is 1. The smallest absolute Gasteiger partial charge is 0.352 e. The average molecular weight is 247 g/mol. The minimum absolute atomic E-state index is 0.0832. The molecule has 2 heterocycles. The van der Waals surface area contributed by atoms with Crippen LogP contribution in [0.4, 0.5) is 0 Å². The van der Waals surface area contributed by atoms with Crippen LogP contribution in [-0.2, 0) is 13.5 Å². The summed E-state index contributed by atoms with van der Waals surface area (Å²) in [7, 11) is 1.59. The summed E-state index contributed by atoms with van der Waals surface area (Å²) in [5.74, 6) is -0.663. The molecule has 0 aromatic carbocycles. The summed E-state index contributed by atoms with van der Waals surface area (Å²) in [6.07, 6.45) is 3.60. The van der Waals surface area contributed by atoms with E-state index in [-0.39, 0.29) is 11.5 Å². The van der Waals surface area contributed by atoms with Gasteiger partial charge < -0.3 is 14.1 Å². The van der Waals surface area contributed by atoms with Crippen molar-refractivity contribution < 1.29 is 19.1 Å².